The molecule has 29 heavy (non-hydrogen) atoms. The number of benzene rings is 2. The fourth-order valence-corrected chi connectivity index (χ4v) is 2.32. The molecule has 3 aromatic rings. The van der Waals surface area contributed by atoms with Gasteiger partial charge in [-0.15, -0.1) is 10.2 Å². The first-order chi connectivity index (χ1) is 13.5. The maximum atomic E-state index is 12.6. The van der Waals surface area contributed by atoms with Crippen molar-refractivity contribution in [3.05, 3.63) is 59.7 Å². The second-order valence-electron chi connectivity index (χ2n) is 7.50. The van der Waals surface area contributed by atoms with Gasteiger partial charge >= 0.3 is 12.1 Å². The Bertz CT molecular complexity index is 988. The molecule has 0 unspecified atom stereocenters. The van der Waals surface area contributed by atoms with Gasteiger partial charge in [0.2, 0.25) is 5.82 Å². The summed E-state index contributed by atoms with van der Waals surface area (Å²) in [5.74, 6) is 0.419. The zero-order valence-electron chi connectivity index (χ0n) is 16.1. The van der Waals surface area contributed by atoms with Crippen LogP contribution in [-0.2, 0) is 17.5 Å². The molecule has 0 atom stereocenters. The van der Waals surface area contributed by atoms with Gasteiger partial charge in [-0.2, -0.15) is 18.0 Å². The molecule has 152 valence electrons. The van der Waals surface area contributed by atoms with Crippen LogP contribution in [0.3, 0.4) is 0 Å². The summed E-state index contributed by atoms with van der Waals surface area (Å²) >= 11 is 0. The SMILES string of the molecule is CC(C)(C)C(=O)Oc1ccc(-c2nnn(Cc3ccc(C(F)(F)F)cc3)n2)cc1. The Morgan fingerprint density at radius 1 is 1.00 bits per heavy atom. The second-order valence-corrected chi connectivity index (χ2v) is 7.50. The molecule has 9 heteroatoms. The molecule has 0 bridgehead atoms. The van der Waals surface area contributed by atoms with Crippen molar-refractivity contribution in [3.8, 4) is 17.1 Å². The molecule has 3 rings (SSSR count). The van der Waals surface area contributed by atoms with Crippen LogP contribution in [-0.4, -0.2) is 26.2 Å². The Morgan fingerprint density at radius 2 is 1.62 bits per heavy atom. The molecular formula is C20H19F3N4O2. The lowest BCUT2D eigenvalue weighted by Gasteiger charge is -2.16. The predicted molar refractivity (Wildman–Crippen MR) is 98.9 cm³/mol. The van der Waals surface area contributed by atoms with Gasteiger partial charge in [-0.1, -0.05) is 12.1 Å². The summed E-state index contributed by atoms with van der Waals surface area (Å²) in [6, 6.07) is 11.5. The molecule has 0 amide bonds. The van der Waals surface area contributed by atoms with E-state index in [-0.39, 0.29) is 12.5 Å². The van der Waals surface area contributed by atoms with Gasteiger partial charge in [0.1, 0.15) is 5.75 Å². The van der Waals surface area contributed by atoms with Gasteiger partial charge in [-0.3, -0.25) is 4.79 Å². The van der Waals surface area contributed by atoms with Crippen LogP contribution in [0.1, 0.15) is 31.9 Å². The van der Waals surface area contributed by atoms with Crippen LogP contribution in [0, 0.1) is 5.41 Å². The van der Waals surface area contributed by atoms with Crippen molar-refractivity contribution in [3.63, 3.8) is 0 Å². The van der Waals surface area contributed by atoms with E-state index in [0.29, 0.717) is 22.7 Å². The predicted octanol–water partition coefficient (Wildman–Crippen LogP) is 4.36. The van der Waals surface area contributed by atoms with Crippen molar-refractivity contribution in [2.24, 2.45) is 5.41 Å². The van der Waals surface area contributed by atoms with Gasteiger partial charge in [0.05, 0.1) is 17.5 Å². The van der Waals surface area contributed by atoms with Crippen molar-refractivity contribution >= 4 is 5.97 Å². The third-order valence-corrected chi connectivity index (χ3v) is 3.99. The highest BCUT2D eigenvalue weighted by atomic mass is 19.4. The Morgan fingerprint density at radius 3 is 2.17 bits per heavy atom. The first kappa shape index (κ1) is 20.5. The molecule has 0 saturated heterocycles. The normalized spacial score (nSPS) is 12.1. The van der Waals surface area contributed by atoms with E-state index in [9.17, 15) is 18.0 Å². The standard InChI is InChI=1S/C20H19F3N4O2/c1-19(2,3)18(28)29-16-10-6-14(7-11-16)17-24-26-27(25-17)12-13-4-8-15(9-5-13)20(21,22)23/h4-11H,12H2,1-3H3. The Balaban J connectivity index is 1.67. The van der Waals surface area contributed by atoms with Gasteiger partial charge in [0, 0.05) is 5.56 Å². The Labute approximate surface area is 165 Å². The zero-order valence-corrected chi connectivity index (χ0v) is 16.1. The minimum absolute atomic E-state index is 0.187. The maximum Gasteiger partial charge on any atom is 0.416 e. The third-order valence-electron chi connectivity index (χ3n) is 3.99. The third kappa shape index (κ3) is 5.18. The number of carbonyl (C=O) groups is 1. The average molecular weight is 404 g/mol. The number of nitrogens with zero attached hydrogens (tertiary/aromatic N) is 4. The average Bonchev–Trinajstić information content (AvgIpc) is 3.10. The van der Waals surface area contributed by atoms with Crippen LogP contribution in [0.4, 0.5) is 13.2 Å². The highest BCUT2D eigenvalue weighted by Gasteiger charge is 2.30. The van der Waals surface area contributed by atoms with Crippen molar-refractivity contribution in [2.75, 3.05) is 0 Å². The van der Waals surface area contributed by atoms with Crippen molar-refractivity contribution in [1.82, 2.24) is 20.2 Å². The topological polar surface area (TPSA) is 69.9 Å². The molecule has 0 spiro atoms. The number of carbonyl (C=O) groups excluding carboxylic acids is 1. The van der Waals surface area contributed by atoms with Crippen LogP contribution in [0.15, 0.2) is 48.5 Å². The first-order valence-corrected chi connectivity index (χ1v) is 8.79. The molecule has 0 aliphatic heterocycles. The second kappa shape index (κ2) is 7.65. The van der Waals surface area contributed by atoms with E-state index in [1.165, 1.54) is 16.9 Å². The quantitative estimate of drug-likeness (QED) is 0.477. The summed E-state index contributed by atoms with van der Waals surface area (Å²) < 4.78 is 43.2. The van der Waals surface area contributed by atoms with Crippen molar-refractivity contribution in [2.45, 2.75) is 33.5 Å². The fourth-order valence-electron chi connectivity index (χ4n) is 2.32. The van der Waals surface area contributed by atoms with E-state index < -0.39 is 17.2 Å². The molecule has 6 nitrogen and oxygen atoms in total. The summed E-state index contributed by atoms with van der Waals surface area (Å²) in [5, 5.41) is 12.1. The number of ether oxygens (including phenoxy) is 1. The number of hydrogen-bond donors (Lipinski definition) is 0. The molecular weight excluding hydrogens is 385 g/mol. The van der Waals surface area contributed by atoms with E-state index in [1.807, 2.05) is 0 Å². The molecule has 0 aliphatic rings. The largest absolute Gasteiger partial charge is 0.426 e. The van der Waals surface area contributed by atoms with Crippen molar-refractivity contribution in [1.29, 1.82) is 0 Å². The minimum Gasteiger partial charge on any atom is -0.426 e. The van der Waals surface area contributed by atoms with E-state index in [2.05, 4.69) is 15.4 Å². The number of aromatic nitrogens is 4. The van der Waals surface area contributed by atoms with Crippen LogP contribution in [0.2, 0.25) is 0 Å². The fraction of sp³-hybridized carbons (Fsp3) is 0.300. The lowest BCUT2D eigenvalue weighted by Crippen LogP contribution is -2.25. The van der Waals surface area contributed by atoms with E-state index in [1.54, 1.807) is 45.0 Å². The van der Waals surface area contributed by atoms with Gasteiger partial charge < -0.3 is 4.74 Å². The number of esters is 1. The molecule has 0 aliphatic carbocycles. The monoisotopic (exact) mass is 404 g/mol. The highest BCUT2D eigenvalue weighted by molar-refractivity contribution is 5.78. The van der Waals surface area contributed by atoms with Crippen LogP contribution >= 0.6 is 0 Å². The number of halogens is 3. The lowest BCUT2D eigenvalue weighted by atomic mass is 9.97. The van der Waals surface area contributed by atoms with E-state index >= 15 is 0 Å². The molecule has 0 fully saturated rings. The summed E-state index contributed by atoms with van der Waals surface area (Å²) in [7, 11) is 0. The van der Waals surface area contributed by atoms with Crippen LogP contribution < -0.4 is 4.74 Å². The smallest absolute Gasteiger partial charge is 0.416 e. The molecule has 2 aromatic carbocycles. The summed E-state index contributed by atoms with van der Waals surface area (Å²) in [5.41, 5.74) is -0.0346. The summed E-state index contributed by atoms with van der Waals surface area (Å²) in [4.78, 5) is 13.2. The number of rotatable bonds is 4. The van der Waals surface area contributed by atoms with E-state index in [4.69, 9.17) is 4.74 Å². The highest BCUT2D eigenvalue weighted by Crippen LogP contribution is 2.29. The first-order valence-electron chi connectivity index (χ1n) is 8.79. The van der Waals surface area contributed by atoms with Crippen LogP contribution in [0.5, 0.6) is 5.75 Å². The van der Waals surface area contributed by atoms with Gasteiger partial charge in [-0.25, -0.2) is 0 Å². The molecule has 0 N–H and O–H groups in total. The summed E-state index contributed by atoms with van der Waals surface area (Å²) in [6.07, 6.45) is -4.37. The molecule has 0 saturated carbocycles. The van der Waals surface area contributed by atoms with Gasteiger partial charge in [0.15, 0.2) is 0 Å². The molecule has 1 aromatic heterocycles. The molecule has 1 heterocycles. The van der Waals surface area contributed by atoms with Gasteiger partial charge in [-0.05, 0) is 67.9 Å². The summed E-state index contributed by atoms with van der Waals surface area (Å²) in [6.45, 7) is 5.49. The van der Waals surface area contributed by atoms with E-state index in [0.717, 1.165) is 12.1 Å². The Kier molecular flexibility index (Phi) is 5.41. The number of tetrazole rings is 1. The Hall–Kier alpha value is -3.23. The lowest BCUT2D eigenvalue weighted by molar-refractivity contribution is -0.143. The molecule has 0 radical (unpaired) electrons. The minimum atomic E-state index is -4.37. The van der Waals surface area contributed by atoms with Crippen molar-refractivity contribution < 1.29 is 22.7 Å². The zero-order chi connectivity index (χ0) is 21.2. The van der Waals surface area contributed by atoms with Crippen LogP contribution in [0.25, 0.3) is 11.4 Å². The number of alkyl halides is 3. The van der Waals surface area contributed by atoms with Gasteiger partial charge in [0.25, 0.3) is 0 Å². The number of hydrogen-bond acceptors (Lipinski definition) is 5. The maximum absolute atomic E-state index is 12.6.